The minimum atomic E-state index is -4.83. The molecule has 1 aliphatic heterocycles. The van der Waals surface area contributed by atoms with E-state index in [1.165, 1.54) is 23.1 Å². The van der Waals surface area contributed by atoms with Crippen molar-refractivity contribution in [2.24, 2.45) is 0 Å². The number of amides is 1. The molecule has 3 aromatic carbocycles. The molecule has 5 aromatic rings. The highest BCUT2D eigenvalue weighted by atomic mass is 32.1. The van der Waals surface area contributed by atoms with Gasteiger partial charge in [0.15, 0.2) is 6.10 Å². The number of nitrogens with one attached hydrogen (secondary N) is 1. The van der Waals surface area contributed by atoms with E-state index in [1.54, 1.807) is 41.7 Å². The summed E-state index contributed by atoms with van der Waals surface area (Å²) in [6.45, 7) is 0.336. The lowest BCUT2D eigenvalue weighted by atomic mass is 9.99. The van der Waals surface area contributed by atoms with E-state index in [1.807, 2.05) is 18.2 Å². The Morgan fingerprint density at radius 1 is 0.957 bits per heavy atom. The van der Waals surface area contributed by atoms with Crippen LogP contribution in [0.25, 0.3) is 22.3 Å². The first kappa shape index (κ1) is 30.9. The highest BCUT2D eigenvalue weighted by Crippen LogP contribution is 2.54. The summed E-state index contributed by atoms with van der Waals surface area (Å²) in [5.74, 6) is -0.287. The molecule has 0 spiro atoms. The fourth-order valence-corrected chi connectivity index (χ4v) is 7.39. The number of aromatic amines is 1. The maximum Gasteiger partial charge on any atom is 0.573 e. The number of aliphatic hydroxyl groups excluding tert-OH is 1. The molecule has 2 aliphatic rings. The summed E-state index contributed by atoms with van der Waals surface area (Å²) in [5, 5.41) is 13.3. The fourth-order valence-electron chi connectivity index (χ4n) is 6.21. The van der Waals surface area contributed by atoms with E-state index in [0.29, 0.717) is 47.6 Å². The van der Waals surface area contributed by atoms with Gasteiger partial charge in [-0.25, -0.2) is 4.98 Å². The molecule has 0 bridgehead atoms. The summed E-state index contributed by atoms with van der Waals surface area (Å²) in [4.78, 5) is 37.7. The predicted molar refractivity (Wildman–Crippen MR) is 172 cm³/mol. The SMILES string of the molecule is O=C(C(O)c1cccc(-c2cccc(OC(F)(F)F)c2)c1)N1CCCc2nc(C3(c4cc(-c5ccccc5)cs4)CC3)[nH]c(=O)c2C1. The first-order valence-corrected chi connectivity index (χ1v) is 16.2. The van der Waals surface area contributed by atoms with Gasteiger partial charge in [-0.1, -0.05) is 60.7 Å². The summed E-state index contributed by atoms with van der Waals surface area (Å²) in [5.41, 5.74) is 3.96. The quantitative estimate of drug-likeness (QED) is 0.194. The van der Waals surface area contributed by atoms with Crippen LogP contribution in [0, 0.1) is 0 Å². The molecular formula is C36H30F3N3O4S. The van der Waals surface area contributed by atoms with Gasteiger partial charge in [0.2, 0.25) is 0 Å². The Bertz CT molecular complexity index is 2000. The van der Waals surface area contributed by atoms with E-state index >= 15 is 0 Å². The number of ether oxygens (including phenoxy) is 1. The first-order chi connectivity index (χ1) is 22.6. The lowest BCUT2D eigenvalue weighted by Gasteiger charge is -2.24. The number of carbonyl (C=O) groups excluding carboxylic acids is 1. The third-order valence-corrected chi connectivity index (χ3v) is 9.96. The Morgan fingerprint density at radius 2 is 1.68 bits per heavy atom. The number of aromatic nitrogens is 2. The van der Waals surface area contributed by atoms with Crippen LogP contribution in [0.2, 0.25) is 0 Å². The highest BCUT2D eigenvalue weighted by Gasteiger charge is 2.50. The number of alkyl halides is 3. The van der Waals surface area contributed by atoms with Crippen LogP contribution in [0.1, 0.15) is 52.9 Å². The van der Waals surface area contributed by atoms with Crippen molar-refractivity contribution in [2.45, 2.75) is 50.1 Å². The Morgan fingerprint density at radius 3 is 2.43 bits per heavy atom. The van der Waals surface area contributed by atoms with Gasteiger partial charge in [-0.05, 0) is 83.1 Å². The summed E-state index contributed by atoms with van der Waals surface area (Å²) < 4.78 is 42.2. The van der Waals surface area contributed by atoms with Crippen LogP contribution in [0.15, 0.2) is 95.1 Å². The average Bonchev–Trinajstić information content (AvgIpc) is 3.78. The third kappa shape index (κ3) is 6.33. The van der Waals surface area contributed by atoms with Crippen LogP contribution in [0.5, 0.6) is 5.75 Å². The second-order valence-electron chi connectivity index (χ2n) is 12.0. The molecule has 11 heteroatoms. The number of benzene rings is 3. The van der Waals surface area contributed by atoms with Crippen LogP contribution >= 0.6 is 11.3 Å². The lowest BCUT2D eigenvalue weighted by Crippen LogP contribution is -2.36. The Kier molecular flexibility index (Phi) is 7.97. The first-order valence-electron chi connectivity index (χ1n) is 15.3. The number of aliphatic hydroxyl groups is 1. The molecule has 7 nitrogen and oxygen atoms in total. The van der Waals surface area contributed by atoms with Gasteiger partial charge in [0.05, 0.1) is 23.2 Å². The summed E-state index contributed by atoms with van der Waals surface area (Å²) in [7, 11) is 0. The van der Waals surface area contributed by atoms with Crippen LogP contribution in [0.3, 0.4) is 0 Å². The van der Waals surface area contributed by atoms with Gasteiger partial charge in [-0.2, -0.15) is 0 Å². The van der Waals surface area contributed by atoms with Crippen molar-refractivity contribution in [2.75, 3.05) is 6.54 Å². The fraction of sp³-hybridized carbons (Fsp3) is 0.250. The predicted octanol–water partition coefficient (Wildman–Crippen LogP) is 7.15. The topological polar surface area (TPSA) is 95.5 Å². The number of aryl methyl sites for hydroxylation is 1. The summed E-state index contributed by atoms with van der Waals surface area (Å²) >= 11 is 1.67. The van der Waals surface area contributed by atoms with Gasteiger partial charge in [0.1, 0.15) is 11.6 Å². The molecule has 7 rings (SSSR count). The Hall–Kier alpha value is -4.74. The van der Waals surface area contributed by atoms with Gasteiger partial charge >= 0.3 is 6.36 Å². The van der Waals surface area contributed by atoms with Crippen LogP contribution in [-0.4, -0.2) is 38.8 Å². The van der Waals surface area contributed by atoms with E-state index in [-0.39, 0.29) is 28.8 Å². The maximum absolute atomic E-state index is 13.6. The molecule has 1 saturated carbocycles. The number of H-pyrrole nitrogens is 1. The molecule has 1 aliphatic carbocycles. The molecule has 1 fully saturated rings. The molecule has 1 unspecified atom stereocenters. The van der Waals surface area contributed by atoms with Gasteiger partial charge in [0.25, 0.3) is 11.5 Å². The molecule has 2 N–H and O–H groups in total. The number of halogens is 3. The second-order valence-corrected chi connectivity index (χ2v) is 12.9. The van der Waals surface area contributed by atoms with Crippen molar-refractivity contribution in [3.63, 3.8) is 0 Å². The van der Waals surface area contributed by atoms with Gasteiger partial charge in [0, 0.05) is 11.4 Å². The molecule has 47 heavy (non-hydrogen) atoms. The number of nitrogens with zero attached hydrogens (tertiary/aromatic N) is 2. The van der Waals surface area contributed by atoms with E-state index in [0.717, 1.165) is 28.8 Å². The van der Waals surface area contributed by atoms with Crippen molar-refractivity contribution in [3.8, 4) is 28.0 Å². The average molecular weight is 658 g/mol. The van der Waals surface area contributed by atoms with Gasteiger partial charge < -0.3 is 19.7 Å². The number of fused-ring (bicyclic) bond motifs is 1. The number of hydrogen-bond acceptors (Lipinski definition) is 6. The van der Waals surface area contributed by atoms with Crippen molar-refractivity contribution >= 4 is 17.2 Å². The molecule has 3 heterocycles. The largest absolute Gasteiger partial charge is 0.573 e. The van der Waals surface area contributed by atoms with Crippen LogP contribution in [-0.2, 0) is 23.2 Å². The molecule has 1 atom stereocenters. The molecule has 240 valence electrons. The zero-order valence-electron chi connectivity index (χ0n) is 25.1. The standard InChI is InChI=1S/C36H30F3N3O4S/c37-36(38,39)46-27-12-5-10-24(18-27)23-9-4-11-25(17-23)31(43)33(45)42-16-6-13-29-28(20-42)32(44)41-34(40-29)35(14-15-35)30-19-26(21-47-30)22-7-2-1-3-8-22/h1-5,7-12,17-19,21,31,43H,6,13-16,20H2,(H,40,41,44). The molecular weight excluding hydrogens is 627 g/mol. The summed E-state index contributed by atoms with van der Waals surface area (Å²) in [6.07, 6.45) is -3.50. The van der Waals surface area contributed by atoms with Crippen LogP contribution in [0.4, 0.5) is 13.2 Å². The smallest absolute Gasteiger partial charge is 0.406 e. The second kappa shape index (κ2) is 12.1. The zero-order valence-corrected chi connectivity index (χ0v) is 25.9. The molecule has 1 amide bonds. The van der Waals surface area contributed by atoms with E-state index in [2.05, 4.69) is 33.3 Å². The number of thiophene rings is 1. The van der Waals surface area contributed by atoms with Crippen molar-refractivity contribution in [1.82, 2.24) is 14.9 Å². The Labute approximate surface area is 272 Å². The lowest BCUT2D eigenvalue weighted by molar-refractivity contribution is -0.274. The van der Waals surface area contributed by atoms with Gasteiger partial charge in [-0.3, -0.25) is 9.59 Å². The number of hydrogen-bond donors (Lipinski definition) is 2. The normalized spacial score (nSPS) is 16.2. The van der Waals surface area contributed by atoms with Crippen molar-refractivity contribution in [1.29, 1.82) is 0 Å². The highest BCUT2D eigenvalue weighted by molar-refractivity contribution is 7.10. The summed E-state index contributed by atoms with van der Waals surface area (Å²) in [6, 6.07) is 24.3. The minimum absolute atomic E-state index is 0.00845. The number of carbonyl (C=O) groups is 1. The monoisotopic (exact) mass is 657 g/mol. The molecule has 2 aromatic heterocycles. The van der Waals surface area contributed by atoms with E-state index < -0.39 is 18.4 Å². The van der Waals surface area contributed by atoms with Crippen molar-refractivity contribution in [3.05, 3.63) is 128 Å². The molecule has 0 radical (unpaired) electrons. The van der Waals surface area contributed by atoms with Crippen LogP contribution < -0.4 is 10.3 Å². The van der Waals surface area contributed by atoms with E-state index in [4.69, 9.17) is 4.98 Å². The van der Waals surface area contributed by atoms with Crippen molar-refractivity contribution < 1.29 is 27.8 Å². The minimum Gasteiger partial charge on any atom is -0.406 e. The Balaban J connectivity index is 1.10. The maximum atomic E-state index is 13.6. The zero-order chi connectivity index (χ0) is 32.8. The van der Waals surface area contributed by atoms with Gasteiger partial charge in [-0.15, -0.1) is 24.5 Å². The van der Waals surface area contributed by atoms with E-state index in [9.17, 15) is 27.9 Å². The molecule has 0 saturated heterocycles. The number of rotatable bonds is 7. The third-order valence-electron chi connectivity index (χ3n) is 8.82.